The van der Waals surface area contributed by atoms with E-state index in [1.54, 1.807) is 19.1 Å². The Hall–Kier alpha value is -0.800. The van der Waals surface area contributed by atoms with E-state index in [4.69, 9.17) is 16.7 Å². The number of nitrogens with one attached hydrogen (secondary N) is 1. The molecule has 1 aromatic rings. The Balaban J connectivity index is 2.67. The Bertz CT molecular complexity index is 291. The van der Waals surface area contributed by atoms with E-state index < -0.39 is 11.9 Å². The molecule has 0 saturated carbocycles. The second-order valence-corrected chi connectivity index (χ2v) is 3.29. The third kappa shape index (κ3) is 3.20. The summed E-state index contributed by atoms with van der Waals surface area (Å²) in [5.41, 5.74) is 0.352. The van der Waals surface area contributed by atoms with E-state index in [9.17, 15) is 4.39 Å². The van der Waals surface area contributed by atoms with Crippen LogP contribution >= 0.6 is 11.6 Å². The zero-order valence-electron chi connectivity index (χ0n) is 7.22. The van der Waals surface area contributed by atoms with E-state index in [1.807, 2.05) is 0 Å². The monoisotopic (exact) mass is 203 g/mol. The molecule has 1 aromatic carbocycles. The minimum Gasteiger partial charge on any atom is -0.392 e. The molecule has 0 saturated heterocycles. The molecular weight excluding hydrogens is 193 g/mol. The van der Waals surface area contributed by atoms with Crippen molar-refractivity contribution in [1.82, 2.24) is 0 Å². The van der Waals surface area contributed by atoms with Crippen LogP contribution in [0.25, 0.3) is 0 Å². The van der Waals surface area contributed by atoms with Crippen LogP contribution in [0.15, 0.2) is 18.2 Å². The lowest BCUT2D eigenvalue weighted by Crippen LogP contribution is -2.15. The summed E-state index contributed by atoms with van der Waals surface area (Å²) >= 11 is 5.56. The Morgan fingerprint density at radius 1 is 1.62 bits per heavy atom. The Labute approximate surface area is 81.3 Å². The van der Waals surface area contributed by atoms with Gasteiger partial charge in [0.1, 0.15) is 5.82 Å². The predicted molar refractivity (Wildman–Crippen MR) is 51.6 cm³/mol. The highest BCUT2D eigenvalue weighted by Crippen LogP contribution is 2.18. The third-order valence-electron chi connectivity index (χ3n) is 1.52. The summed E-state index contributed by atoms with van der Waals surface area (Å²) < 4.78 is 13.1. The van der Waals surface area contributed by atoms with Gasteiger partial charge in [0.2, 0.25) is 0 Å². The summed E-state index contributed by atoms with van der Waals surface area (Å²) in [6.45, 7) is 1.94. The molecule has 0 amide bonds. The van der Waals surface area contributed by atoms with Crippen LogP contribution in [0.1, 0.15) is 6.92 Å². The fraction of sp³-hybridized carbons (Fsp3) is 0.333. The van der Waals surface area contributed by atoms with E-state index in [-0.39, 0.29) is 0 Å². The van der Waals surface area contributed by atoms with Crippen LogP contribution in [-0.2, 0) is 0 Å². The van der Waals surface area contributed by atoms with E-state index >= 15 is 0 Å². The molecule has 2 N–H and O–H groups in total. The summed E-state index contributed by atoms with van der Waals surface area (Å²) in [4.78, 5) is 0. The van der Waals surface area contributed by atoms with Gasteiger partial charge < -0.3 is 10.4 Å². The molecule has 0 heterocycles. The Morgan fingerprint density at radius 2 is 2.31 bits per heavy atom. The van der Waals surface area contributed by atoms with Gasteiger partial charge in [-0.05, 0) is 25.1 Å². The topological polar surface area (TPSA) is 32.3 Å². The summed E-state index contributed by atoms with van der Waals surface area (Å²) in [5, 5.41) is 12.1. The second-order valence-electron chi connectivity index (χ2n) is 2.85. The smallest absolute Gasteiger partial charge is 0.147 e. The van der Waals surface area contributed by atoms with Gasteiger partial charge in [0.25, 0.3) is 0 Å². The number of halogens is 2. The van der Waals surface area contributed by atoms with Crippen LogP contribution in [0.5, 0.6) is 0 Å². The van der Waals surface area contributed by atoms with Crippen molar-refractivity contribution in [3.05, 3.63) is 29.0 Å². The van der Waals surface area contributed by atoms with Crippen molar-refractivity contribution in [2.45, 2.75) is 13.0 Å². The van der Waals surface area contributed by atoms with E-state index in [1.165, 1.54) is 6.07 Å². The van der Waals surface area contributed by atoms with Gasteiger partial charge in [-0.3, -0.25) is 0 Å². The highest BCUT2D eigenvalue weighted by molar-refractivity contribution is 6.30. The first kappa shape index (κ1) is 10.3. The first-order valence-corrected chi connectivity index (χ1v) is 4.34. The minimum absolute atomic E-state index is 0.318. The average Bonchev–Trinajstić information content (AvgIpc) is 2.02. The minimum atomic E-state index is -0.505. The fourth-order valence-corrected chi connectivity index (χ4v) is 1.05. The quantitative estimate of drug-likeness (QED) is 0.790. The molecular formula is C9H11ClFNO. The molecule has 1 unspecified atom stereocenters. The molecule has 2 nitrogen and oxygen atoms in total. The average molecular weight is 204 g/mol. The van der Waals surface area contributed by atoms with Crippen LogP contribution < -0.4 is 5.32 Å². The summed E-state index contributed by atoms with van der Waals surface area (Å²) in [6, 6.07) is 4.36. The molecule has 1 atom stereocenters. The maximum absolute atomic E-state index is 13.1. The van der Waals surface area contributed by atoms with Gasteiger partial charge >= 0.3 is 0 Å². The highest BCUT2D eigenvalue weighted by atomic mass is 35.5. The number of rotatable bonds is 3. The second kappa shape index (κ2) is 4.44. The lowest BCUT2D eigenvalue weighted by atomic mass is 10.3. The number of hydrogen-bond acceptors (Lipinski definition) is 2. The molecule has 0 spiro atoms. The van der Waals surface area contributed by atoms with Crippen LogP contribution in [0.3, 0.4) is 0 Å². The molecule has 1 rings (SSSR count). The van der Waals surface area contributed by atoms with Crippen molar-refractivity contribution < 1.29 is 9.50 Å². The molecule has 0 aliphatic rings. The van der Waals surface area contributed by atoms with E-state index in [0.29, 0.717) is 17.3 Å². The van der Waals surface area contributed by atoms with Crippen molar-refractivity contribution in [3.8, 4) is 0 Å². The number of hydrogen-bond donors (Lipinski definition) is 2. The van der Waals surface area contributed by atoms with Crippen molar-refractivity contribution in [1.29, 1.82) is 0 Å². The SMILES string of the molecule is CC(O)CNc1ccc(Cl)cc1F. The molecule has 0 bridgehead atoms. The largest absolute Gasteiger partial charge is 0.392 e. The molecule has 72 valence electrons. The standard InChI is InChI=1S/C9H11ClFNO/c1-6(13)5-12-9-3-2-7(10)4-8(9)11/h2-4,6,12-13H,5H2,1H3. The van der Waals surface area contributed by atoms with Crippen LogP contribution in [0, 0.1) is 5.82 Å². The number of aliphatic hydroxyl groups is 1. The van der Waals surface area contributed by atoms with Gasteiger partial charge in [-0.15, -0.1) is 0 Å². The normalized spacial score (nSPS) is 12.6. The molecule has 0 radical (unpaired) electrons. The number of anilines is 1. The van der Waals surface area contributed by atoms with Crippen LogP contribution in [0.2, 0.25) is 5.02 Å². The number of benzene rings is 1. The van der Waals surface area contributed by atoms with Gasteiger partial charge in [-0.25, -0.2) is 4.39 Å². The van der Waals surface area contributed by atoms with Crippen LogP contribution in [-0.4, -0.2) is 17.8 Å². The van der Waals surface area contributed by atoms with Gasteiger partial charge in [-0.1, -0.05) is 11.6 Å². The summed E-state index contributed by atoms with van der Waals surface area (Å²) in [6.07, 6.45) is -0.505. The zero-order valence-corrected chi connectivity index (χ0v) is 7.98. The first-order valence-electron chi connectivity index (χ1n) is 3.96. The Kier molecular flexibility index (Phi) is 3.51. The fourth-order valence-electron chi connectivity index (χ4n) is 0.891. The van der Waals surface area contributed by atoms with Crippen LogP contribution in [0.4, 0.5) is 10.1 Å². The molecule has 4 heteroatoms. The lowest BCUT2D eigenvalue weighted by Gasteiger charge is -2.08. The first-order chi connectivity index (χ1) is 6.09. The molecule has 0 aliphatic heterocycles. The molecule has 13 heavy (non-hydrogen) atoms. The van der Waals surface area contributed by atoms with Gasteiger partial charge in [-0.2, -0.15) is 0 Å². The third-order valence-corrected chi connectivity index (χ3v) is 1.75. The predicted octanol–water partition coefficient (Wildman–Crippen LogP) is 2.27. The lowest BCUT2D eigenvalue weighted by molar-refractivity contribution is 0.208. The van der Waals surface area contributed by atoms with Gasteiger partial charge in [0, 0.05) is 11.6 Å². The molecule has 0 aromatic heterocycles. The van der Waals surface area contributed by atoms with E-state index in [0.717, 1.165) is 0 Å². The van der Waals surface area contributed by atoms with Gasteiger partial charge in [0.15, 0.2) is 0 Å². The summed E-state index contributed by atoms with van der Waals surface area (Å²) in [7, 11) is 0. The van der Waals surface area contributed by atoms with Crippen molar-refractivity contribution >= 4 is 17.3 Å². The van der Waals surface area contributed by atoms with Crippen molar-refractivity contribution in [3.63, 3.8) is 0 Å². The Morgan fingerprint density at radius 3 is 2.85 bits per heavy atom. The van der Waals surface area contributed by atoms with E-state index in [2.05, 4.69) is 5.32 Å². The maximum Gasteiger partial charge on any atom is 0.147 e. The highest BCUT2D eigenvalue weighted by Gasteiger charge is 2.02. The van der Waals surface area contributed by atoms with Crippen molar-refractivity contribution in [2.75, 3.05) is 11.9 Å². The molecule has 0 fully saturated rings. The zero-order chi connectivity index (χ0) is 9.84. The van der Waals surface area contributed by atoms with Crippen molar-refractivity contribution in [2.24, 2.45) is 0 Å². The van der Waals surface area contributed by atoms with Gasteiger partial charge in [0.05, 0.1) is 11.8 Å². The molecule has 0 aliphatic carbocycles. The number of aliphatic hydroxyl groups excluding tert-OH is 1. The summed E-state index contributed by atoms with van der Waals surface area (Å²) in [5.74, 6) is -0.409. The maximum atomic E-state index is 13.1.